The van der Waals surface area contributed by atoms with Crippen LogP contribution in [-0.4, -0.2) is 30.4 Å². The van der Waals surface area contributed by atoms with E-state index in [-0.39, 0.29) is 6.61 Å². The molecule has 5 heteroatoms. The molecule has 1 rings (SSSR count). The minimum Gasteiger partial charge on any atom is -0.489 e. The van der Waals surface area contributed by atoms with Gasteiger partial charge in [-0.15, -0.1) is 0 Å². The van der Waals surface area contributed by atoms with E-state index in [9.17, 15) is 5.11 Å². The summed E-state index contributed by atoms with van der Waals surface area (Å²) >= 11 is 11.8. The molecule has 0 aromatic heterocycles. The summed E-state index contributed by atoms with van der Waals surface area (Å²) in [5, 5.41) is 14.2. The Balaban J connectivity index is 2.27. The Labute approximate surface area is 131 Å². The third kappa shape index (κ3) is 6.80. The molecule has 0 fully saturated rings. The lowest BCUT2D eigenvalue weighted by molar-refractivity contribution is 0.104. The Bertz CT molecular complexity index is 401. The number of benzene rings is 1. The van der Waals surface area contributed by atoms with Gasteiger partial charge in [0.05, 0.1) is 5.02 Å². The number of aliphatic hydroxyl groups excluding tert-OH is 1. The number of aliphatic hydroxyl groups is 1. The smallest absolute Gasteiger partial charge is 0.138 e. The van der Waals surface area contributed by atoms with Gasteiger partial charge in [0, 0.05) is 17.6 Å². The van der Waals surface area contributed by atoms with Crippen LogP contribution in [0.1, 0.15) is 33.1 Å². The van der Waals surface area contributed by atoms with Crippen LogP contribution in [0.15, 0.2) is 18.2 Å². The molecule has 0 bridgehead atoms. The zero-order valence-electron chi connectivity index (χ0n) is 12.0. The van der Waals surface area contributed by atoms with Gasteiger partial charge in [0.25, 0.3) is 0 Å². The second kappa shape index (κ2) is 9.46. The highest BCUT2D eigenvalue weighted by Crippen LogP contribution is 2.27. The van der Waals surface area contributed by atoms with Crippen LogP contribution in [-0.2, 0) is 0 Å². The minimum atomic E-state index is -0.564. The lowest BCUT2D eigenvalue weighted by Gasteiger charge is -2.17. The van der Waals surface area contributed by atoms with Crippen LogP contribution in [0.25, 0.3) is 0 Å². The molecular formula is C15H23Cl2NO2. The van der Waals surface area contributed by atoms with Gasteiger partial charge in [0.15, 0.2) is 0 Å². The van der Waals surface area contributed by atoms with E-state index >= 15 is 0 Å². The first-order valence-corrected chi connectivity index (χ1v) is 7.77. The zero-order valence-corrected chi connectivity index (χ0v) is 13.5. The van der Waals surface area contributed by atoms with Crippen molar-refractivity contribution in [1.29, 1.82) is 0 Å². The molecule has 0 heterocycles. The monoisotopic (exact) mass is 319 g/mol. The fraction of sp³-hybridized carbons (Fsp3) is 0.600. The normalized spacial score (nSPS) is 14.1. The summed E-state index contributed by atoms with van der Waals surface area (Å²) < 4.78 is 5.49. The van der Waals surface area contributed by atoms with Gasteiger partial charge in [-0.1, -0.05) is 43.0 Å². The van der Waals surface area contributed by atoms with Gasteiger partial charge in [0.1, 0.15) is 18.5 Å². The van der Waals surface area contributed by atoms with Crippen molar-refractivity contribution in [3.8, 4) is 5.75 Å². The summed E-state index contributed by atoms with van der Waals surface area (Å²) in [5.41, 5.74) is 0. The molecule has 0 amide bonds. The quantitative estimate of drug-likeness (QED) is 0.725. The molecule has 0 spiro atoms. The van der Waals surface area contributed by atoms with Crippen LogP contribution < -0.4 is 10.1 Å². The maximum absolute atomic E-state index is 9.87. The van der Waals surface area contributed by atoms with E-state index in [2.05, 4.69) is 19.2 Å². The van der Waals surface area contributed by atoms with E-state index in [0.29, 0.717) is 28.4 Å². The topological polar surface area (TPSA) is 41.5 Å². The summed E-state index contributed by atoms with van der Waals surface area (Å²) in [6.45, 7) is 5.01. The van der Waals surface area contributed by atoms with Gasteiger partial charge in [-0.2, -0.15) is 0 Å². The molecular weight excluding hydrogens is 297 g/mol. The summed E-state index contributed by atoms with van der Waals surface area (Å²) in [7, 11) is 0. The number of unbranched alkanes of at least 4 members (excludes halogenated alkanes) is 1. The Morgan fingerprint density at radius 1 is 1.35 bits per heavy atom. The minimum absolute atomic E-state index is 0.203. The van der Waals surface area contributed by atoms with Crippen LogP contribution in [0.2, 0.25) is 10.0 Å². The van der Waals surface area contributed by atoms with Crippen molar-refractivity contribution in [2.75, 3.05) is 13.2 Å². The summed E-state index contributed by atoms with van der Waals surface area (Å²) in [4.78, 5) is 0. The van der Waals surface area contributed by atoms with E-state index in [4.69, 9.17) is 27.9 Å². The maximum atomic E-state index is 9.87. The number of halogens is 2. The molecule has 2 N–H and O–H groups in total. The fourth-order valence-corrected chi connectivity index (χ4v) is 2.25. The van der Waals surface area contributed by atoms with Crippen molar-refractivity contribution in [3.05, 3.63) is 28.2 Å². The lowest BCUT2D eigenvalue weighted by atomic mass is 10.1. The second-order valence-electron chi connectivity index (χ2n) is 4.99. The highest BCUT2D eigenvalue weighted by atomic mass is 35.5. The average Bonchev–Trinajstić information content (AvgIpc) is 2.41. The van der Waals surface area contributed by atoms with Gasteiger partial charge in [0.2, 0.25) is 0 Å². The SMILES string of the molecule is CCCCC(C)NCC(O)COc1ccc(Cl)cc1Cl. The van der Waals surface area contributed by atoms with E-state index in [1.807, 2.05) is 0 Å². The van der Waals surface area contributed by atoms with E-state index in [1.54, 1.807) is 18.2 Å². The molecule has 0 aliphatic heterocycles. The zero-order chi connectivity index (χ0) is 15.0. The molecule has 0 aliphatic carbocycles. The van der Waals surface area contributed by atoms with Crippen LogP contribution in [0.4, 0.5) is 0 Å². The van der Waals surface area contributed by atoms with E-state index in [0.717, 1.165) is 6.42 Å². The third-order valence-corrected chi connectivity index (χ3v) is 3.55. The van der Waals surface area contributed by atoms with Crippen LogP contribution in [0.3, 0.4) is 0 Å². The van der Waals surface area contributed by atoms with Crippen molar-refractivity contribution in [3.63, 3.8) is 0 Å². The van der Waals surface area contributed by atoms with Crippen LogP contribution in [0.5, 0.6) is 5.75 Å². The van der Waals surface area contributed by atoms with Gasteiger partial charge in [-0.3, -0.25) is 0 Å². The Kier molecular flexibility index (Phi) is 8.31. The highest BCUT2D eigenvalue weighted by Gasteiger charge is 2.09. The average molecular weight is 320 g/mol. The Morgan fingerprint density at radius 3 is 2.75 bits per heavy atom. The Morgan fingerprint density at radius 2 is 2.10 bits per heavy atom. The molecule has 3 nitrogen and oxygen atoms in total. The number of rotatable bonds is 9. The van der Waals surface area contributed by atoms with Gasteiger partial charge < -0.3 is 15.2 Å². The second-order valence-corrected chi connectivity index (χ2v) is 5.83. The number of hydrogen-bond donors (Lipinski definition) is 2. The first-order chi connectivity index (χ1) is 9.52. The predicted octanol–water partition coefficient (Wildman–Crippen LogP) is 3.90. The standard InChI is InChI=1S/C15H23Cl2NO2/c1-3-4-5-11(2)18-9-13(19)10-20-15-7-6-12(16)8-14(15)17/h6-8,11,13,18-19H,3-5,9-10H2,1-2H3. The first kappa shape index (κ1) is 17.6. The number of nitrogens with one attached hydrogen (secondary N) is 1. The molecule has 20 heavy (non-hydrogen) atoms. The molecule has 114 valence electrons. The van der Waals surface area contributed by atoms with Gasteiger partial charge in [-0.05, 0) is 31.5 Å². The molecule has 0 saturated carbocycles. The van der Waals surface area contributed by atoms with Crippen molar-refractivity contribution >= 4 is 23.2 Å². The summed E-state index contributed by atoms with van der Waals surface area (Å²) in [6.07, 6.45) is 2.94. The molecule has 1 aromatic carbocycles. The molecule has 2 atom stereocenters. The molecule has 2 unspecified atom stereocenters. The molecule has 1 aromatic rings. The first-order valence-electron chi connectivity index (χ1n) is 7.02. The number of hydrogen-bond acceptors (Lipinski definition) is 3. The van der Waals surface area contributed by atoms with Gasteiger partial charge in [-0.25, -0.2) is 0 Å². The third-order valence-electron chi connectivity index (χ3n) is 3.02. The summed E-state index contributed by atoms with van der Waals surface area (Å²) in [5.74, 6) is 0.536. The number of ether oxygens (including phenoxy) is 1. The van der Waals surface area contributed by atoms with Crippen LogP contribution in [0, 0.1) is 0 Å². The highest BCUT2D eigenvalue weighted by molar-refractivity contribution is 6.35. The predicted molar refractivity (Wildman–Crippen MR) is 85.0 cm³/mol. The van der Waals surface area contributed by atoms with Crippen molar-refractivity contribution < 1.29 is 9.84 Å². The molecule has 0 saturated heterocycles. The van der Waals surface area contributed by atoms with Crippen LogP contribution >= 0.6 is 23.2 Å². The summed E-state index contributed by atoms with van der Waals surface area (Å²) in [6, 6.07) is 5.44. The largest absolute Gasteiger partial charge is 0.489 e. The van der Waals surface area contributed by atoms with Crippen molar-refractivity contribution in [1.82, 2.24) is 5.32 Å². The fourth-order valence-electron chi connectivity index (χ4n) is 1.79. The maximum Gasteiger partial charge on any atom is 0.138 e. The lowest BCUT2D eigenvalue weighted by Crippen LogP contribution is -2.36. The Hall–Kier alpha value is -0.480. The van der Waals surface area contributed by atoms with E-state index < -0.39 is 6.10 Å². The van der Waals surface area contributed by atoms with Crippen molar-refractivity contribution in [2.45, 2.75) is 45.3 Å². The van der Waals surface area contributed by atoms with E-state index in [1.165, 1.54) is 12.8 Å². The molecule has 0 aliphatic rings. The molecule has 0 radical (unpaired) electrons. The van der Waals surface area contributed by atoms with Gasteiger partial charge >= 0.3 is 0 Å². The van der Waals surface area contributed by atoms with Crippen molar-refractivity contribution in [2.24, 2.45) is 0 Å².